The zero-order chi connectivity index (χ0) is 17.2. The van der Waals surface area contributed by atoms with E-state index in [1.54, 1.807) is 0 Å². The minimum atomic E-state index is -3.90. The van der Waals surface area contributed by atoms with E-state index < -0.39 is 18.0 Å². The van der Waals surface area contributed by atoms with Crippen LogP contribution in [-0.4, -0.2) is 26.3 Å². The van der Waals surface area contributed by atoms with Gasteiger partial charge in [0.05, 0.1) is 6.61 Å². The number of rotatable bonds is 7. The molecule has 0 bridgehead atoms. The minimum absolute atomic E-state index is 0.0818. The fourth-order valence-electron chi connectivity index (χ4n) is 2.19. The van der Waals surface area contributed by atoms with Crippen molar-refractivity contribution < 1.29 is 12.6 Å². The molecule has 1 rings (SSSR count). The van der Waals surface area contributed by atoms with Crippen molar-refractivity contribution >= 4 is 57.9 Å². The smallest absolute Gasteiger partial charge is 0.266 e. The van der Waals surface area contributed by atoms with E-state index in [4.69, 9.17) is 27.4 Å². The number of thiophene rings is 1. The van der Waals surface area contributed by atoms with Gasteiger partial charge >= 0.3 is 0 Å². The lowest BCUT2D eigenvalue weighted by Gasteiger charge is -2.26. The molecule has 8 heteroatoms. The third-order valence-corrected chi connectivity index (χ3v) is 9.76. The van der Waals surface area contributed by atoms with Crippen molar-refractivity contribution in [2.75, 3.05) is 6.61 Å². The molecule has 0 spiro atoms. The van der Waals surface area contributed by atoms with Crippen molar-refractivity contribution in [1.29, 1.82) is 0 Å². The summed E-state index contributed by atoms with van der Waals surface area (Å²) in [5.41, 5.74) is 0.606. The molecule has 0 aliphatic heterocycles. The second-order valence-corrected chi connectivity index (χ2v) is 13.2. The van der Waals surface area contributed by atoms with Crippen LogP contribution in [0.5, 0.6) is 0 Å². The standard InChI is InChI=1S/C14H23Cl2O3PS2/c1-8(2)7-19-22(17,18)12-11(13(15)21-14(12)16)20(9(3)4)10(5)6/h8-10H,7H2,1-6H3. The molecule has 1 heterocycles. The summed E-state index contributed by atoms with van der Waals surface area (Å²) >= 11 is 13.6. The van der Waals surface area contributed by atoms with Crippen molar-refractivity contribution in [3.63, 3.8) is 0 Å². The lowest BCUT2D eigenvalue weighted by molar-refractivity contribution is 0.275. The second-order valence-electron chi connectivity index (χ2n) is 6.05. The van der Waals surface area contributed by atoms with Gasteiger partial charge in [0.2, 0.25) is 0 Å². The Morgan fingerprint density at radius 2 is 1.55 bits per heavy atom. The van der Waals surface area contributed by atoms with Gasteiger partial charge in [-0.25, -0.2) is 0 Å². The Bertz CT molecular complexity index is 602. The van der Waals surface area contributed by atoms with Crippen molar-refractivity contribution in [3.8, 4) is 0 Å². The fraction of sp³-hybridized carbons (Fsp3) is 0.714. The van der Waals surface area contributed by atoms with Crippen LogP contribution in [0.25, 0.3) is 0 Å². The van der Waals surface area contributed by atoms with Crippen LogP contribution in [0.15, 0.2) is 4.90 Å². The monoisotopic (exact) mass is 404 g/mol. The van der Waals surface area contributed by atoms with Gasteiger partial charge in [-0.1, -0.05) is 72.7 Å². The van der Waals surface area contributed by atoms with Crippen LogP contribution in [0.3, 0.4) is 0 Å². The Morgan fingerprint density at radius 3 is 1.95 bits per heavy atom. The maximum absolute atomic E-state index is 12.6. The summed E-state index contributed by atoms with van der Waals surface area (Å²) in [6.45, 7) is 12.3. The van der Waals surface area contributed by atoms with Crippen LogP contribution < -0.4 is 5.30 Å². The van der Waals surface area contributed by atoms with Gasteiger partial charge in [0.15, 0.2) is 0 Å². The molecule has 3 nitrogen and oxygen atoms in total. The third kappa shape index (κ3) is 4.81. The van der Waals surface area contributed by atoms with E-state index in [0.29, 0.717) is 21.0 Å². The zero-order valence-corrected chi connectivity index (χ0v) is 17.7. The Balaban J connectivity index is 3.43. The minimum Gasteiger partial charge on any atom is -0.266 e. The van der Waals surface area contributed by atoms with Crippen LogP contribution in [0.1, 0.15) is 41.5 Å². The van der Waals surface area contributed by atoms with Crippen LogP contribution in [0.4, 0.5) is 0 Å². The van der Waals surface area contributed by atoms with Gasteiger partial charge in [-0.05, 0) is 17.2 Å². The molecular weight excluding hydrogens is 382 g/mol. The maximum Gasteiger partial charge on any atom is 0.300 e. The van der Waals surface area contributed by atoms with Crippen LogP contribution in [0, 0.1) is 5.92 Å². The van der Waals surface area contributed by atoms with Crippen LogP contribution >= 0.6 is 42.5 Å². The van der Waals surface area contributed by atoms with E-state index in [1.165, 1.54) is 0 Å². The molecule has 0 radical (unpaired) electrons. The Labute approximate surface area is 149 Å². The van der Waals surface area contributed by atoms with Gasteiger partial charge in [-0.15, -0.1) is 11.3 Å². The SMILES string of the molecule is CC(C)COS(=O)(=O)c1c(Cl)sc(Cl)c1P(C(C)C)C(C)C. The molecule has 0 aliphatic rings. The van der Waals surface area contributed by atoms with Crippen molar-refractivity contribution in [2.24, 2.45) is 5.92 Å². The first kappa shape index (κ1) is 20.7. The third-order valence-electron chi connectivity index (χ3n) is 2.94. The first-order valence-corrected chi connectivity index (χ1v) is 11.6. The summed E-state index contributed by atoms with van der Waals surface area (Å²) in [5, 5.41) is 0.667. The summed E-state index contributed by atoms with van der Waals surface area (Å²) in [4.78, 5) is 0.0818. The van der Waals surface area contributed by atoms with Crippen molar-refractivity contribution in [3.05, 3.63) is 8.67 Å². The molecule has 128 valence electrons. The number of hydrogen-bond donors (Lipinski definition) is 0. The molecule has 0 saturated heterocycles. The van der Waals surface area contributed by atoms with Gasteiger partial charge in [0.1, 0.15) is 13.6 Å². The van der Waals surface area contributed by atoms with E-state index in [2.05, 4.69) is 27.7 Å². The van der Waals surface area contributed by atoms with E-state index >= 15 is 0 Å². The molecule has 0 N–H and O–H groups in total. The summed E-state index contributed by atoms with van der Waals surface area (Å²) in [7, 11) is -4.65. The normalized spacial score (nSPS) is 13.1. The number of halogens is 2. The predicted octanol–water partition coefficient (Wildman–Crippen LogP) is 5.34. The predicted molar refractivity (Wildman–Crippen MR) is 99.1 cm³/mol. The molecule has 0 unspecified atom stereocenters. The number of hydrogen-bond acceptors (Lipinski definition) is 4. The first-order chi connectivity index (χ1) is 9.99. The highest BCUT2D eigenvalue weighted by Gasteiger charge is 2.34. The van der Waals surface area contributed by atoms with Crippen LogP contribution in [0.2, 0.25) is 8.67 Å². The topological polar surface area (TPSA) is 43.4 Å². The molecule has 0 aromatic carbocycles. The highest BCUT2D eigenvalue weighted by Crippen LogP contribution is 2.51. The highest BCUT2D eigenvalue weighted by atomic mass is 35.5. The summed E-state index contributed by atoms with van der Waals surface area (Å²) in [6, 6.07) is 0. The summed E-state index contributed by atoms with van der Waals surface area (Å²) in [6.07, 6.45) is 0. The Hall–Kier alpha value is 0.620. The van der Waals surface area contributed by atoms with Gasteiger partial charge < -0.3 is 0 Å². The molecule has 0 amide bonds. The molecular formula is C14H23Cl2O3PS2. The van der Waals surface area contributed by atoms with Crippen LogP contribution in [-0.2, 0) is 14.3 Å². The Morgan fingerprint density at radius 1 is 1.05 bits per heavy atom. The molecule has 1 aromatic heterocycles. The lowest BCUT2D eigenvalue weighted by Crippen LogP contribution is -2.22. The molecule has 0 aliphatic carbocycles. The zero-order valence-electron chi connectivity index (χ0n) is 13.7. The largest absolute Gasteiger partial charge is 0.300 e. The highest BCUT2D eigenvalue weighted by molar-refractivity contribution is 7.88. The van der Waals surface area contributed by atoms with E-state index in [1.807, 2.05) is 13.8 Å². The quantitative estimate of drug-likeness (QED) is 0.454. The second kappa shape index (κ2) is 8.13. The van der Waals surface area contributed by atoms with E-state index in [-0.39, 0.29) is 21.8 Å². The van der Waals surface area contributed by atoms with Gasteiger partial charge in [-0.2, -0.15) is 8.42 Å². The first-order valence-electron chi connectivity index (χ1n) is 7.14. The van der Waals surface area contributed by atoms with Crippen molar-refractivity contribution in [2.45, 2.75) is 57.8 Å². The van der Waals surface area contributed by atoms with Gasteiger partial charge in [-0.3, -0.25) is 4.18 Å². The molecule has 1 aromatic rings. The maximum atomic E-state index is 12.6. The molecule has 0 saturated carbocycles. The summed E-state index contributed by atoms with van der Waals surface area (Å²) < 4.78 is 31.0. The van der Waals surface area contributed by atoms with Gasteiger partial charge in [0, 0.05) is 5.30 Å². The molecule has 0 atom stereocenters. The van der Waals surface area contributed by atoms with E-state index in [0.717, 1.165) is 11.3 Å². The lowest BCUT2D eigenvalue weighted by atomic mass is 10.2. The van der Waals surface area contributed by atoms with E-state index in [9.17, 15) is 8.42 Å². The van der Waals surface area contributed by atoms with Crippen molar-refractivity contribution in [1.82, 2.24) is 0 Å². The average molecular weight is 405 g/mol. The van der Waals surface area contributed by atoms with Gasteiger partial charge in [0.25, 0.3) is 10.1 Å². The Kier molecular flexibility index (Phi) is 7.64. The average Bonchev–Trinajstić information content (AvgIpc) is 2.62. The summed E-state index contributed by atoms with van der Waals surface area (Å²) in [5.74, 6) is 0.114. The molecule has 22 heavy (non-hydrogen) atoms. The molecule has 0 fully saturated rings. The fourth-order valence-corrected chi connectivity index (χ4v) is 9.76.